The summed E-state index contributed by atoms with van der Waals surface area (Å²) in [6.07, 6.45) is 0. The summed E-state index contributed by atoms with van der Waals surface area (Å²) < 4.78 is 45.3. The Morgan fingerprint density at radius 1 is 0.733 bits per heavy atom. The van der Waals surface area contributed by atoms with E-state index in [4.69, 9.17) is 0 Å². The molecule has 5 aromatic rings. The van der Waals surface area contributed by atoms with Gasteiger partial charge in [0.05, 0.1) is 45.7 Å². The number of phenolic OH excluding ortho intramolecular Hbond substituents is 1. The number of azo groups is 1. The summed E-state index contributed by atoms with van der Waals surface area (Å²) in [6.45, 7) is 0. The third kappa shape index (κ3) is 10.1. The van der Waals surface area contributed by atoms with Crippen LogP contribution in [0.15, 0.2) is 110 Å². The summed E-state index contributed by atoms with van der Waals surface area (Å²) in [5.41, 5.74) is 1.37. The minimum Gasteiger partial charge on any atom is -0.744 e. The average molecular weight is 696 g/mol. The maximum absolute atomic E-state index is 12.2. The summed E-state index contributed by atoms with van der Waals surface area (Å²) in [7, 11) is -4.88. The molecular weight excluding hydrogens is 679 g/mol. The Kier molecular flexibility index (Phi) is 16.7. The molecule has 0 spiro atoms. The van der Waals surface area contributed by atoms with Crippen molar-refractivity contribution in [2.45, 2.75) is 14.7 Å². The van der Waals surface area contributed by atoms with Crippen LogP contribution in [-0.4, -0.2) is 18.1 Å². The Labute approximate surface area is 331 Å². The number of rotatable bonds is 11. The first-order valence-electron chi connectivity index (χ1n) is 11.6. The van der Waals surface area contributed by atoms with Gasteiger partial charge in [0.25, 0.3) is 0 Å². The topological polar surface area (TPSA) is 197 Å². The van der Waals surface area contributed by atoms with Crippen molar-refractivity contribution in [3.8, 4) is 5.75 Å². The molecule has 2 N–H and O–H groups in total. The molecule has 5 rings (SSSR count). The molecule has 216 valence electrons. The van der Waals surface area contributed by atoms with Gasteiger partial charge >= 0.3 is 88.7 Å². The first-order valence-corrected chi connectivity index (χ1v) is 14.5. The number of para-hydroxylation sites is 1. The normalized spacial score (nSPS) is 11.2. The number of benzene rings is 5. The van der Waals surface area contributed by atoms with E-state index < -0.39 is 15.0 Å². The molecule has 0 aliphatic heterocycles. The van der Waals surface area contributed by atoms with E-state index in [9.17, 15) is 28.6 Å². The van der Waals surface area contributed by atoms with Crippen LogP contribution in [0, 0.1) is 0 Å². The van der Waals surface area contributed by atoms with Gasteiger partial charge in [-0.1, -0.05) is 30.3 Å². The number of anilines is 2. The minimum atomic E-state index is -4.88. The second-order valence-electron chi connectivity index (χ2n) is 8.38. The maximum Gasteiger partial charge on any atom is 1.00 e. The molecule has 0 radical (unpaired) electrons. The number of nitrogens with zero attached hydrogens (tertiary/aromatic N) is 2. The zero-order valence-corrected chi connectivity index (χ0v) is 32.3. The number of nitrogens with one attached hydrogen (secondary N) is 1. The van der Waals surface area contributed by atoms with Crippen LogP contribution in [0.1, 0.15) is 0 Å². The van der Waals surface area contributed by atoms with Crippen LogP contribution in [0.5, 0.6) is 5.75 Å². The molecule has 13 nitrogen and oxygen atoms in total. The molecular formula is C26H16N3Na3O10S3. The maximum atomic E-state index is 12.2. The summed E-state index contributed by atoms with van der Waals surface area (Å²) in [5, 5.41) is 51.0. The van der Waals surface area contributed by atoms with Gasteiger partial charge in [0.15, 0.2) is 0 Å². The average Bonchev–Trinajstić information content (AvgIpc) is 2.98. The number of aromatic hydroxyl groups is 1. The van der Waals surface area contributed by atoms with Crippen molar-refractivity contribution in [1.29, 1.82) is 0 Å². The Hall–Kier alpha value is -0.810. The van der Waals surface area contributed by atoms with Crippen LogP contribution in [0.4, 0.5) is 22.7 Å². The monoisotopic (exact) mass is 695 g/mol. The summed E-state index contributed by atoms with van der Waals surface area (Å²) in [6, 6.07) is 22.2. The molecule has 45 heavy (non-hydrogen) atoms. The summed E-state index contributed by atoms with van der Waals surface area (Å²) >= 11 is 1.12. The Bertz CT molecular complexity index is 1900. The van der Waals surface area contributed by atoms with E-state index in [-0.39, 0.29) is 117 Å². The Morgan fingerprint density at radius 3 is 1.98 bits per heavy atom. The van der Waals surface area contributed by atoms with E-state index in [1.165, 1.54) is 24.3 Å². The zero-order chi connectivity index (χ0) is 29.7. The van der Waals surface area contributed by atoms with Crippen LogP contribution >= 0.6 is 24.1 Å². The van der Waals surface area contributed by atoms with Crippen molar-refractivity contribution >= 4 is 78.5 Å². The van der Waals surface area contributed by atoms with E-state index >= 15 is 0 Å². The second kappa shape index (κ2) is 18.7. The van der Waals surface area contributed by atoms with E-state index in [1.807, 2.05) is 6.07 Å². The molecule has 0 bridgehead atoms. The minimum absolute atomic E-state index is 0. The molecule has 0 saturated heterocycles. The fourth-order valence-electron chi connectivity index (χ4n) is 4.24. The van der Waals surface area contributed by atoms with Crippen LogP contribution in [-0.2, 0) is 28.9 Å². The fourth-order valence-corrected chi connectivity index (χ4v) is 5.84. The molecule has 0 atom stereocenters. The third-order valence-electron chi connectivity index (χ3n) is 5.84. The van der Waals surface area contributed by atoms with Crippen LogP contribution in [0.2, 0.25) is 0 Å². The van der Waals surface area contributed by atoms with Gasteiger partial charge in [0.1, 0.15) is 15.9 Å². The quantitative estimate of drug-likeness (QED) is 0.0342. The molecule has 0 saturated carbocycles. The van der Waals surface area contributed by atoms with Gasteiger partial charge in [-0.25, -0.2) is 8.42 Å². The third-order valence-corrected chi connectivity index (χ3v) is 7.82. The molecule has 0 unspecified atom stereocenters. The van der Waals surface area contributed by atoms with E-state index in [2.05, 4.69) is 34.3 Å². The number of phenols is 1. The van der Waals surface area contributed by atoms with E-state index in [0.29, 0.717) is 56.0 Å². The van der Waals surface area contributed by atoms with Gasteiger partial charge in [-0.3, -0.25) is 10.1 Å². The van der Waals surface area contributed by atoms with Gasteiger partial charge in [-0.05, 0) is 60.0 Å². The predicted molar refractivity (Wildman–Crippen MR) is 147 cm³/mol. The molecule has 0 amide bonds. The number of hydrogen-bond donors (Lipinski definition) is 2. The van der Waals surface area contributed by atoms with E-state index in [1.54, 1.807) is 54.6 Å². The van der Waals surface area contributed by atoms with Crippen molar-refractivity contribution in [1.82, 2.24) is 0 Å². The van der Waals surface area contributed by atoms with Crippen molar-refractivity contribution in [2.75, 3.05) is 5.32 Å². The van der Waals surface area contributed by atoms with Crippen LogP contribution in [0.3, 0.4) is 0 Å². The molecule has 0 aliphatic carbocycles. The largest absolute Gasteiger partial charge is 1.00 e. The van der Waals surface area contributed by atoms with Gasteiger partial charge in [0.2, 0.25) is 0 Å². The van der Waals surface area contributed by atoms with E-state index in [0.717, 1.165) is 0 Å². The van der Waals surface area contributed by atoms with Crippen LogP contribution in [0.25, 0.3) is 21.5 Å². The second-order valence-corrected chi connectivity index (χ2v) is 11.3. The van der Waals surface area contributed by atoms with Crippen molar-refractivity contribution in [3.05, 3.63) is 84.9 Å². The van der Waals surface area contributed by atoms with Crippen LogP contribution < -0.4 is 105 Å². The Morgan fingerprint density at radius 2 is 1.36 bits per heavy atom. The van der Waals surface area contributed by atoms with Crippen molar-refractivity contribution in [3.63, 3.8) is 0 Å². The van der Waals surface area contributed by atoms with Crippen molar-refractivity contribution in [2.24, 2.45) is 10.2 Å². The molecule has 0 aromatic heterocycles. The number of fused-ring (bicyclic) bond motifs is 2. The molecule has 19 heteroatoms. The zero-order valence-electron chi connectivity index (χ0n) is 23.8. The molecule has 5 aromatic carbocycles. The Balaban J connectivity index is 0.00000235. The van der Waals surface area contributed by atoms with Gasteiger partial charge in [0, 0.05) is 31.9 Å². The molecule has 0 fully saturated rings. The molecule has 0 aliphatic rings. The first kappa shape index (κ1) is 40.4. The van der Waals surface area contributed by atoms with Gasteiger partial charge in [-0.15, -0.1) is 10.2 Å². The number of hydrogen-bond acceptors (Lipinski definition) is 15. The van der Waals surface area contributed by atoms with Gasteiger partial charge in [-0.2, -0.15) is 8.67 Å². The van der Waals surface area contributed by atoms with Gasteiger partial charge < -0.3 is 25.5 Å². The molecule has 0 heterocycles. The summed E-state index contributed by atoms with van der Waals surface area (Å²) in [5.74, 6) is -0.247. The first-order chi connectivity index (χ1) is 20.3. The fraction of sp³-hybridized carbons (Fsp3) is 0. The summed E-state index contributed by atoms with van der Waals surface area (Å²) in [4.78, 5) is 0.198. The standard InChI is InChI=1S/C26H19N3O10S3.3Na/c30-23-14-18(41-39-37-32)12-15-11-17(40-38-36-31)13-22(25(15)23)29-28-20-9-10-21(27-16-5-2-1-3-6-16)26-19(20)7-4-8-24(26)42(33,34)35;;;/h1-14,27,30-32H,(H,33,34,35);;;/q;3*+1/p-3. The SMILES string of the molecule is O=S(=O)([O-])c1cccc2c(N=Nc3cc(SOO[O-])cc4cc(SOO[O-])cc(O)c34)ccc(Nc3ccccc3)c12.[Na+].[Na+].[Na+]. The predicted octanol–water partition coefficient (Wildman–Crippen LogP) is -3.77. The van der Waals surface area contributed by atoms with Crippen molar-refractivity contribution < 1.29 is 136 Å². The smallest absolute Gasteiger partial charge is 0.744 e.